The predicted molar refractivity (Wildman–Crippen MR) is 167 cm³/mol. The van der Waals surface area contributed by atoms with Gasteiger partial charge in [-0.2, -0.15) is 5.26 Å². The molecule has 7 aromatic rings. The Balaban J connectivity index is 1.56. The second kappa shape index (κ2) is 9.85. The van der Waals surface area contributed by atoms with Crippen molar-refractivity contribution in [3.63, 3.8) is 0 Å². The Labute approximate surface area is 234 Å². The summed E-state index contributed by atoms with van der Waals surface area (Å²) in [5.74, 6) is 0. The van der Waals surface area contributed by atoms with Gasteiger partial charge in [0.2, 0.25) is 0 Å². The first-order valence-electron chi connectivity index (χ1n) is 13.4. The molecule has 0 amide bonds. The molecular weight excluding hydrogens is 502 g/mol. The fraction of sp³-hybridized carbons (Fsp3) is 0. The zero-order valence-electron chi connectivity index (χ0n) is 21.8. The third-order valence-corrected chi connectivity index (χ3v) is 12.6. The maximum atomic E-state index is 9.30. The van der Waals surface area contributed by atoms with Gasteiger partial charge in [-0.3, -0.25) is 0 Å². The fourth-order valence-corrected chi connectivity index (χ4v) is 10.8. The summed E-state index contributed by atoms with van der Waals surface area (Å²) in [5, 5.41) is 16.8. The molecular formula is C37H25NOSi. The van der Waals surface area contributed by atoms with Crippen LogP contribution in [-0.2, 0) is 0 Å². The first-order valence-corrected chi connectivity index (χ1v) is 15.4. The van der Waals surface area contributed by atoms with Crippen LogP contribution in [0.5, 0.6) is 0 Å². The Hall–Kier alpha value is -5.17. The summed E-state index contributed by atoms with van der Waals surface area (Å²) in [7, 11) is -2.75. The number of fused-ring (bicyclic) bond motifs is 3. The molecule has 0 bridgehead atoms. The molecule has 0 saturated carbocycles. The second-order valence-corrected chi connectivity index (χ2v) is 13.9. The van der Waals surface area contributed by atoms with Crippen LogP contribution in [0.1, 0.15) is 5.56 Å². The number of nitrogens with zero attached hydrogens (tertiary/aromatic N) is 1. The van der Waals surface area contributed by atoms with Crippen LogP contribution < -0.4 is 20.7 Å². The lowest BCUT2D eigenvalue weighted by Gasteiger charge is -2.34. The zero-order chi connectivity index (χ0) is 26.9. The van der Waals surface area contributed by atoms with Gasteiger partial charge in [0.25, 0.3) is 0 Å². The number of para-hydroxylation sites is 1. The summed E-state index contributed by atoms with van der Waals surface area (Å²) in [4.78, 5) is 0. The van der Waals surface area contributed by atoms with Gasteiger partial charge in [-0.05, 0) is 56.1 Å². The standard InChI is InChI=1S/C37H25NOSi/c38-26-27-18-20-28(21-19-27)29-10-9-15-32(24-29)40(30-11-3-1-4-12-30,31-13-5-2-6-14-31)33-22-23-37-35(25-33)34-16-7-8-17-36(34)39-37/h1-25H. The van der Waals surface area contributed by atoms with E-state index in [4.69, 9.17) is 4.42 Å². The van der Waals surface area contributed by atoms with E-state index in [0.717, 1.165) is 33.1 Å². The van der Waals surface area contributed by atoms with Crippen molar-refractivity contribution in [1.29, 1.82) is 5.26 Å². The van der Waals surface area contributed by atoms with E-state index in [2.05, 4.69) is 121 Å². The van der Waals surface area contributed by atoms with E-state index in [1.54, 1.807) is 0 Å². The maximum Gasteiger partial charge on any atom is 0.179 e. The highest BCUT2D eigenvalue weighted by Gasteiger charge is 2.41. The van der Waals surface area contributed by atoms with Crippen LogP contribution in [0.3, 0.4) is 0 Å². The van der Waals surface area contributed by atoms with Crippen molar-refractivity contribution in [2.24, 2.45) is 0 Å². The maximum absolute atomic E-state index is 9.30. The average Bonchev–Trinajstić information content (AvgIpc) is 3.41. The minimum absolute atomic E-state index is 0.665. The van der Waals surface area contributed by atoms with Gasteiger partial charge in [0.05, 0.1) is 11.6 Å². The normalized spacial score (nSPS) is 11.5. The third kappa shape index (κ3) is 3.86. The molecule has 7 rings (SSSR count). The minimum Gasteiger partial charge on any atom is -0.456 e. The van der Waals surface area contributed by atoms with E-state index in [0.29, 0.717) is 5.56 Å². The molecule has 1 heterocycles. The second-order valence-electron chi connectivity index (χ2n) is 10.1. The lowest BCUT2D eigenvalue weighted by Crippen LogP contribution is -2.74. The molecule has 0 aliphatic heterocycles. The highest BCUT2D eigenvalue weighted by molar-refractivity contribution is 7.20. The van der Waals surface area contributed by atoms with E-state index >= 15 is 0 Å². The predicted octanol–water partition coefficient (Wildman–Crippen LogP) is 6.50. The Bertz CT molecular complexity index is 1960. The first kappa shape index (κ1) is 23.9. The van der Waals surface area contributed by atoms with Gasteiger partial charge in [-0.25, -0.2) is 0 Å². The number of rotatable bonds is 5. The van der Waals surface area contributed by atoms with Crippen molar-refractivity contribution < 1.29 is 4.42 Å². The van der Waals surface area contributed by atoms with Gasteiger partial charge in [0.1, 0.15) is 11.2 Å². The molecule has 0 saturated heterocycles. The summed E-state index contributed by atoms with van der Waals surface area (Å²) in [6, 6.07) is 56.0. The van der Waals surface area contributed by atoms with Crippen molar-refractivity contribution in [3.05, 3.63) is 157 Å². The van der Waals surface area contributed by atoms with Crippen LogP contribution in [-0.4, -0.2) is 8.07 Å². The van der Waals surface area contributed by atoms with Crippen LogP contribution in [0.4, 0.5) is 0 Å². The molecule has 0 aliphatic carbocycles. The van der Waals surface area contributed by atoms with Gasteiger partial charge in [-0.15, -0.1) is 0 Å². The number of hydrogen-bond acceptors (Lipinski definition) is 2. The molecule has 0 unspecified atom stereocenters. The minimum atomic E-state index is -2.75. The summed E-state index contributed by atoms with van der Waals surface area (Å²) in [6.45, 7) is 0. The Morgan fingerprint density at radius 1 is 0.450 bits per heavy atom. The molecule has 0 radical (unpaired) electrons. The van der Waals surface area contributed by atoms with Crippen molar-refractivity contribution in [1.82, 2.24) is 0 Å². The van der Waals surface area contributed by atoms with Crippen LogP contribution in [0, 0.1) is 11.3 Å². The summed E-state index contributed by atoms with van der Waals surface area (Å²) < 4.78 is 6.23. The molecule has 0 atom stereocenters. The van der Waals surface area contributed by atoms with E-state index in [1.165, 1.54) is 20.7 Å². The molecule has 2 nitrogen and oxygen atoms in total. The SMILES string of the molecule is N#Cc1ccc(-c2cccc([Si](c3ccccc3)(c3ccccc3)c3ccc4oc5ccccc5c4c3)c2)cc1. The molecule has 3 heteroatoms. The van der Waals surface area contributed by atoms with Gasteiger partial charge in [0.15, 0.2) is 8.07 Å². The lowest BCUT2D eigenvalue weighted by molar-refractivity contribution is 0.669. The molecule has 6 aromatic carbocycles. The van der Waals surface area contributed by atoms with E-state index < -0.39 is 8.07 Å². The van der Waals surface area contributed by atoms with Gasteiger partial charge < -0.3 is 4.42 Å². The van der Waals surface area contributed by atoms with E-state index in [9.17, 15) is 5.26 Å². The quantitative estimate of drug-likeness (QED) is 0.189. The van der Waals surface area contributed by atoms with Gasteiger partial charge in [-0.1, -0.05) is 127 Å². The number of furan rings is 1. The van der Waals surface area contributed by atoms with Gasteiger partial charge in [0, 0.05) is 10.8 Å². The number of nitriles is 1. The molecule has 1 aromatic heterocycles. The first-order chi connectivity index (χ1) is 19.8. The molecule has 0 spiro atoms. The van der Waals surface area contributed by atoms with Crippen molar-refractivity contribution in [2.75, 3.05) is 0 Å². The van der Waals surface area contributed by atoms with Crippen molar-refractivity contribution in [3.8, 4) is 17.2 Å². The summed E-state index contributed by atoms with van der Waals surface area (Å²) >= 11 is 0. The summed E-state index contributed by atoms with van der Waals surface area (Å²) in [6.07, 6.45) is 0. The largest absolute Gasteiger partial charge is 0.456 e. The van der Waals surface area contributed by atoms with Crippen molar-refractivity contribution in [2.45, 2.75) is 0 Å². The molecule has 0 fully saturated rings. The Kier molecular flexibility index (Phi) is 5.89. The topological polar surface area (TPSA) is 36.9 Å². The number of hydrogen-bond donors (Lipinski definition) is 0. The fourth-order valence-electron chi connectivity index (χ4n) is 6.00. The van der Waals surface area contributed by atoms with E-state index in [1.807, 2.05) is 36.4 Å². The highest BCUT2D eigenvalue weighted by Crippen LogP contribution is 2.28. The Morgan fingerprint density at radius 2 is 1.05 bits per heavy atom. The third-order valence-electron chi connectivity index (χ3n) is 7.87. The monoisotopic (exact) mass is 527 g/mol. The van der Waals surface area contributed by atoms with Crippen LogP contribution >= 0.6 is 0 Å². The average molecular weight is 528 g/mol. The Morgan fingerprint density at radius 3 is 1.75 bits per heavy atom. The molecule has 0 N–H and O–H groups in total. The molecule has 0 aliphatic rings. The van der Waals surface area contributed by atoms with Crippen LogP contribution in [0.25, 0.3) is 33.1 Å². The van der Waals surface area contributed by atoms with Crippen LogP contribution in [0.15, 0.2) is 156 Å². The molecule has 40 heavy (non-hydrogen) atoms. The molecule has 188 valence electrons. The lowest BCUT2D eigenvalue weighted by atomic mass is 10.0. The van der Waals surface area contributed by atoms with Gasteiger partial charge >= 0.3 is 0 Å². The smallest absolute Gasteiger partial charge is 0.179 e. The van der Waals surface area contributed by atoms with E-state index in [-0.39, 0.29) is 0 Å². The van der Waals surface area contributed by atoms with Crippen molar-refractivity contribution >= 4 is 50.8 Å². The van der Waals surface area contributed by atoms with Crippen LogP contribution in [0.2, 0.25) is 0 Å². The summed E-state index contributed by atoms with van der Waals surface area (Å²) in [5.41, 5.74) is 4.71. The zero-order valence-corrected chi connectivity index (χ0v) is 22.8. The number of benzene rings is 6. The highest BCUT2D eigenvalue weighted by atomic mass is 28.3.